The normalized spacial score (nSPS) is 20.5. The SMILES string of the molecule is CO[C@@H]1C[C@@H](c2n[nH]c(C)n2)N(C(=O)c2oc3ccccc3c2C)C1. The fourth-order valence-corrected chi connectivity index (χ4v) is 3.46. The molecule has 0 spiro atoms. The second kappa shape index (κ2) is 6.00. The van der Waals surface area contributed by atoms with Crippen molar-refractivity contribution in [2.24, 2.45) is 0 Å². The van der Waals surface area contributed by atoms with Gasteiger partial charge in [0.25, 0.3) is 5.91 Å². The van der Waals surface area contributed by atoms with E-state index in [2.05, 4.69) is 15.2 Å². The fourth-order valence-electron chi connectivity index (χ4n) is 3.46. The first-order valence-electron chi connectivity index (χ1n) is 8.29. The highest BCUT2D eigenvalue weighted by Gasteiger charge is 2.40. The average Bonchev–Trinajstić information content (AvgIpc) is 3.31. The molecule has 0 bridgehead atoms. The molecule has 25 heavy (non-hydrogen) atoms. The number of likely N-dealkylation sites (tertiary alicyclic amines) is 1. The molecule has 1 aliphatic heterocycles. The van der Waals surface area contributed by atoms with E-state index in [0.29, 0.717) is 24.6 Å². The van der Waals surface area contributed by atoms with Crippen molar-refractivity contribution in [3.05, 3.63) is 47.2 Å². The number of aromatic nitrogens is 3. The van der Waals surface area contributed by atoms with Gasteiger partial charge < -0.3 is 14.1 Å². The summed E-state index contributed by atoms with van der Waals surface area (Å²) in [7, 11) is 1.66. The Kier molecular flexibility index (Phi) is 3.80. The van der Waals surface area contributed by atoms with Crippen molar-refractivity contribution >= 4 is 16.9 Å². The first-order chi connectivity index (χ1) is 12.1. The van der Waals surface area contributed by atoms with Crippen LogP contribution in [0.15, 0.2) is 28.7 Å². The van der Waals surface area contributed by atoms with Crippen LogP contribution in [0.3, 0.4) is 0 Å². The van der Waals surface area contributed by atoms with Crippen molar-refractivity contribution in [2.45, 2.75) is 32.4 Å². The number of nitrogens with zero attached hydrogens (tertiary/aromatic N) is 3. The van der Waals surface area contributed by atoms with Crippen LogP contribution in [0.25, 0.3) is 11.0 Å². The van der Waals surface area contributed by atoms with Gasteiger partial charge in [0.15, 0.2) is 11.6 Å². The van der Waals surface area contributed by atoms with Crippen LogP contribution in [0, 0.1) is 13.8 Å². The number of hydrogen-bond donors (Lipinski definition) is 1. The number of carbonyl (C=O) groups is 1. The Bertz CT molecular complexity index is 929. The van der Waals surface area contributed by atoms with Gasteiger partial charge >= 0.3 is 0 Å². The number of para-hydroxylation sites is 1. The Hall–Kier alpha value is -2.67. The number of nitrogens with one attached hydrogen (secondary N) is 1. The lowest BCUT2D eigenvalue weighted by atomic mass is 10.1. The Morgan fingerprint density at radius 1 is 1.36 bits per heavy atom. The zero-order valence-electron chi connectivity index (χ0n) is 14.4. The van der Waals surface area contributed by atoms with E-state index >= 15 is 0 Å². The summed E-state index contributed by atoms with van der Waals surface area (Å²) in [6.45, 7) is 4.24. The maximum atomic E-state index is 13.2. The number of ether oxygens (including phenoxy) is 1. The number of furan rings is 1. The summed E-state index contributed by atoms with van der Waals surface area (Å²) < 4.78 is 11.3. The highest BCUT2D eigenvalue weighted by Crippen LogP contribution is 2.35. The average molecular weight is 340 g/mol. The Morgan fingerprint density at radius 3 is 2.84 bits per heavy atom. The maximum Gasteiger partial charge on any atom is 0.290 e. The summed E-state index contributed by atoms with van der Waals surface area (Å²) in [6, 6.07) is 7.44. The van der Waals surface area contributed by atoms with Crippen LogP contribution >= 0.6 is 0 Å². The highest BCUT2D eigenvalue weighted by atomic mass is 16.5. The molecular weight excluding hydrogens is 320 g/mol. The van der Waals surface area contributed by atoms with Gasteiger partial charge in [-0.25, -0.2) is 4.98 Å². The number of carbonyl (C=O) groups excluding carboxylic acids is 1. The number of fused-ring (bicyclic) bond motifs is 1. The van der Waals surface area contributed by atoms with Gasteiger partial charge in [-0.1, -0.05) is 18.2 Å². The first-order valence-corrected chi connectivity index (χ1v) is 8.29. The fraction of sp³-hybridized carbons (Fsp3) is 0.389. The van der Waals surface area contributed by atoms with Gasteiger partial charge in [0.2, 0.25) is 0 Å². The summed E-state index contributed by atoms with van der Waals surface area (Å²) in [5.74, 6) is 1.55. The molecule has 1 aromatic carbocycles. The molecule has 0 saturated carbocycles. The summed E-state index contributed by atoms with van der Waals surface area (Å²) in [5, 5.41) is 8.05. The number of rotatable bonds is 3. The van der Waals surface area contributed by atoms with Crippen LogP contribution in [0.4, 0.5) is 0 Å². The predicted molar refractivity (Wildman–Crippen MR) is 91.3 cm³/mol. The molecule has 2 aromatic heterocycles. The van der Waals surface area contributed by atoms with E-state index in [4.69, 9.17) is 9.15 Å². The van der Waals surface area contributed by atoms with Crippen molar-refractivity contribution in [3.63, 3.8) is 0 Å². The van der Waals surface area contributed by atoms with E-state index in [-0.39, 0.29) is 18.1 Å². The molecule has 130 valence electrons. The molecule has 7 nitrogen and oxygen atoms in total. The summed E-state index contributed by atoms with van der Waals surface area (Å²) in [6.07, 6.45) is 0.621. The lowest BCUT2D eigenvalue weighted by molar-refractivity contribution is 0.0655. The van der Waals surface area contributed by atoms with Crippen LogP contribution in [0.1, 0.15) is 40.2 Å². The Morgan fingerprint density at radius 2 is 2.16 bits per heavy atom. The molecule has 3 heterocycles. The van der Waals surface area contributed by atoms with Crippen LogP contribution in [0.5, 0.6) is 0 Å². The molecule has 1 saturated heterocycles. The van der Waals surface area contributed by atoms with Crippen LogP contribution in [-0.4, -0.2) is 45.7 Å². The van der Waals surface area contributed by atoms with E-state index in [9.17, 15) is 4.79 Å². The third-order valence-electron chi connectivity index (χ3n) is 4.81. The molecule has 1 fully saturated rings. The van der Waals surface area contributed by atoms with Crippen molar-refractivity contribution < 1.29 is 13.9 Å². The highest BCUT2D eigenvalue weighted by molar-refractivity contribution is 5.99. The number of benzene rings is 1. The predicted octanol–water partition coefficient (Wildman–Crippen LogP) is 2.77. The van der Waals surface area contributed by atoms with Gasteiger partial charge in [-0.05, 0) is 19.9 Å². The van der Waals surface area contributed by atoms with Crippen molar-refractivity contribution in [1.82, 2.24) is 20.1 Å². The number of aromatic amines is 1. The first kappa shape index (κ1) is 15.8. The molecule has 1 N–H and O–H groups in total. The number of methoxy groups -OCH3 is 1. The molecular formula is C18H20N4O3. The topological polar surface area (TPSA) is 84.2 Å². The van der Waals surface area contributed by atoms with E-state index in [1.807, 2.05) is 38.1 Å². The molecule has 2 atom stereocenters. The van der Waals surface area contributed by atoms with Gasteiger partial charge in [0.1, 0.15) is 11.4 Å². The molecule has 3 aromatic rings. The zero-order valence-corrected chi connectivity index (χ0v) is 14.4. The lowest BCUT2D eigenvalue weighted by Crippen LogP contribution is -2.32. The minimum Gasteiger partial charge on any atom is -0.451 e. The molecule has 4 rings (SSSR count). The minimum absolute atomic E-state index is 0.0440. The smallest absolute Gasteiger partial charge is 0.290 e. The standard InChI is InChI=1S/C18H20N4O3/c1-10-13-6-4-5-7-15(13)25-16(10)18(23)22-9-12(24-3)8-14(22)17-19-11(2)20-21-17/h4-7,12,14H,8-9H2,1-3H3,(H,19,20,21)/t12-,14+/m1/s1. The largest absolute Gasteiger partial charge is 0.451 e. The Labute approximate surface area is 145 Å². The molecule has 0 unspecified atom stereocenters. The third kappa shape index (κ3) is 2.60. The van der Waals surface area contributed by atoms with Gasteiger partial charge in [0, 0.05) is 31.0 Å². The van der Waals surface area contributed by atoms with Gasteiger partial charge in [-0.2, -0.15) is 5.10 Å². The number of aryl methyl sites for hydroxylation is 2. The van der Waals surface area contributed by atoms with Crippen molar-refractivity contribution in [3.8, 4) is 0 Å². The van der Waals surface area contributed by atoms with Gasteiger partial charge in [0.05, 0.1) is 12.1 Å². The van der Waals surface area contributed by atoms with Crippen LogP contribution in [0.2, 0.25) is 0 Å². The number of hydrogen-bond acceptors (Lipinski definition) is 5. The zero-order chi connectivity index (χ0) is 17.6. The second-order valence-electron chi connectivity index (χ2n) is 6.40. The maximum absolute atomic E-state index is 13.2. The van der Waals surface area contributed by atoms with E-state index in [1.165, 1.54) is 0 Å². The minimum atomic E-state index is -0.227. The summed E-state index contributed by atoms with van der Waals surface area (Å²) in [4.78, 5) is 19.4. The monoisotopic (exact) mass is 340 g/mol. The molecule has 0 aliphatic carbocycles. The van der Waals surface area contributed by atoms with Crippen LogP contribution in [-0.2, 0) is 4.74 Å². The van der Waals surface area contributed by atoms with E-state index in [0.717, 1.165) is 22.4 Å². The molecule has 1 amide bonds. The van der Waals surface area contributed by atoms with E-state index < -0.39 is 0 Å². The Balaban J connectivity index is 1.72. The van der Waals surface area contributed by atoms with Gasteiger partial charge in [-0.15, -0.1) is 0 Å². The van der Waals surface area contributed by atoms with Crippen molar-refractivity contribution in [2.75, 3.05) is 13.7 Å². The lowest BCUT2D eigenvalue weighted by Gasteiger charge is -2.21. The number of amides is 1. The molecule has 1 aliphatic rings. The molecule has 7 heteroatoms. The second-order valence-corrected chi connectivity index (χ2v) is 6.40. The number of H-pyrrole nitrogens is 1. The van der Waals surface area contributed by atoms with Crippen LogP contribution < -0.4 is 0 Å². The molecule has 0 radical (unpaired) electrons. The summed E-state index contributed by atoms with van der Waals surface area (Å²) in [5.41, 5.74) is 1.57. The van der Waals surface area contributed by atoms with E-state index in [1.54, 1.807) is 12.0 Å². The van der Waals surface area contributed by atoms with Gasteiger partial charge in [-0.3, -0.25) is 9.89 Å². The summed E-state index contributed by atoms with van der Waals surface area (Å²) >= 11 is 0. The van der Waals surface area contributed by atoms with Crippen molar-refractivity contribution in [1.29, 1.82) is 0 Å². The third-order valence-corrected chi connectivity index (χ3v) is 4.81. The quantitative estimate of drug-likeness (QED) is 0.792.